The van der Waals surface area contributed by atoms with Crippen molar-refractivity contribution in [3.63, 3.8) is 0 Å². The molecule has 2 heterocycles. The summed E-state index contributed by atoms with van der Waals surface area (Å²) in [5.41, 5.74) is 3.31. The molecular weight excluding hydrogens is 404 g/mol. The van der Waals surface area contributed by atoms with Crippen LogP contribution in [0.15, 0.2) is 54.9 Å². The lowest BCUT2D eigenvalue weighted by Gasteiger charge is -2.11. The number of nitrogens with zero attached hydrogens (tertiary/aromatic N) is 2. The van der Waals surface area contributed by atoms with Gasteiger partial charge in [0.15, 0.2) is 17.3 Å². The second-order valence-corrected chi connectivity index (χ2v) is 9.18. The Kier molecular flexibility index (Phi) is 4.66. The van der Waals surface area contributed by atoms with Gasteiger partial charge in [0.25, 0.3) is 0 Å². The van der Waals surface area contributed by atoms with Crippen molar-refractivity contribution in [2.24, 2.45) is 0 Å². The van der Waals surface area contributed by atoms with E-state index >= 15 is 0 Å². The fourth-order valence-electron chi connectivity index (χ4n) is 3.21. The Morgan fingerprint density at radius 1 is 0.967 bits per heavy atom. The standard InChI is InChI=1S/C21H20N4O4S/c26-30(27,17-6-7-17)25-21-20(22-9-10-23-21)15-3-1-14(2-4-15)12-24-16-5-8-18-19(11-16)29-13-28-18/h1-5,8-11,17,24H,6-7,12-13H2,(H,23,25). The predicted octanol–water partition coefficient (Wildman–Crippen LogP) is 3.39. The third-order valence-corrected chi connectivity index (χ3v) is 6.82. The van der Waals surface area contributed by atoms with Crippen LogP contribution in [0.25, 0.3) is 11.3 Å². The van der Waals surface area contributed by atoms with E-state index in [0.717, 1.165) is 28.3 Å². The first kappa shape index (κ1) is 18.7. The normalized spacial score (nSPS) is 15.1. The molecule has 2 aliphatic rings. The SMILES string of the molecule is O=S(=O)(Nc1nccnc1-c1ccc(CNc2ccc3c(c2)OCO3)cc1)C1CC1. The maximum Gasteiger partial charge on any atom is 0.236 e. The summed E-state index contributed by atoms with van der Waals surface area (Å²) in [5, 5.41) is 3.03. The molecule has 8 nitrogen and oxygen atoms in total. The van der Waals surface area contributed by atoms with Crippen LogP contribution < -0.4 is 19.5 Å². The fourth-order valence-corrected chi connectivity index (χ4v) is 4.55. The molecule has 0 saturated heterocycles. The molecule has 1 saturated carbocycles. The molecule has 1 aliphatic heterocycles. The van der Waals surface area contributed by atoms with Crippen LogP contribution in [0.2, 0.25) is 0 Å². The van der Waals surface area contributed by atoms with Gasteiger partial charge >= 0.3 is 0 Å². The van der Waals surface area contributed by atoms with E-state index in [-0.39, 0.29) is 17.9 Å². The van der Waals surface area contributed by atoms with Gasteiger partial charge in [-0.15, -0.1) is 0 Å². The number of rotatable bonds is 7. The lowest BCUT2D eigenvalue weighted by atomic mass is 10.1. The Morgan fingerprint density at radius 2 is 1.73 bits per heavy atom. The number of fused-ring (bicyclic) bond motifs is 1. The first-order chi connectivity index (χ1) is 14.6. The average Bonchev–Trinajstić information content (AvgIpc) is 3.52. The fraction of sp³-hybridized carbons (Fsp3) is 0.238. The van der Waals surface area contributed by atoms with Gasteiger partial charge in [-0.2, -0.15) is 0 Å². The number of anilines is 2. The van der Waals surface area contributed by atoms with E-state index in [2.05, 4.69) is 20.0 Å². The summed E-state index contributed by atoms with van der Waals surface area (Å²) in [5.74, 6) is 1.75. The monoisotopic (exact) mass is 424 g/mol. The number of nitrogens with one attached hydrogen (secondary N) is 2. The summed E-state index contributed by atoms with van der Waals surface area (Å²) >= 11 is 0. The summed E-state index contributed by atoms with van der Waals surface area (Å²) in [6, 6.07) is 13.5. The highest BCUT2D eigenvalue weighted by molar-refractivity contribution is 7.93. The Balaban J connectivity index is 1.29. The van der Waals surface area contributed by atoms with E-state index in [1.165, 1.54) is 6.20 Å². The van der Waals surface area contributed by atoms with Crippen LogP contribution in [0.5, 0.6) is 11.5 Å². The number of benzene rings is 2. The van der Waals surface area contributed by atoms with Crippen molar-refractivity contribution < 1.29 is 17.9 Å². The maximum absolute atomic E-state index is 12.3. The minimum absolute atomic E-state index is 0.251. The lowest BCUT2D eigenvalue weighted by molar-refractivity contribution is 0.174. The van der Waals surface area contributed by atoms with Crippen LogP contribution in [0.1, 0.15) is 18.4 Å². The van der Waals surface area contributed by atoms with Crippen molar-refractivity contribution in [2.75, 3.05) is 16.8 Å². The molecule has 0 radical (unpaired) electrons. The molecule has 1 fully saturated rings. The molecule has 1 aliphatic carbocycles. The zero-order chi connectivity index (χ0) is 20.6. The van der Waals surface area contributed by atoms with Gasteiger partial charge in [0.1, 0.15) is 5.69 Å². The summed E-state index contributed by atoms with van der Waals surface area (Å²) in [7, 11) is -3.40. The summed E-state index contributed by atoms with van der Waals surface area (Å²) in [4.78, 5) is 8.53. The van der Waals surface area contributed by atoms with Gasteiger partial charge in [-0.1, -0.05) is 24.3 Å². The maximum atomic E-state index is 12.3. The Labute approximate surface area is 174 Å². The average molecular weight is 424 g/mol. The molecular formula is C21H20N4O4S. The van der Waals surface area contributed by atoms with Crippen molar-refractivity contribution >= 4 is 21.5 Å². The van der Waals surface area contributed by atoms with Crippen LogP contribution in [-0.4, -0.2) is 30.4 Å². The minimum Gasteiger partial charge on any atom is -0.454 e. The third kappa shape index (κ3) is 3.88. The highest BCUT2D eigenvalue weighted by Crippen LogP contribution is 2.34. The largest absolute Gasteiger partial charge is 0.454 e. The Morgan fingerprint density at radius 3 is 2.53 bits per heavy atom. The van der Waals surface area contributed by atoms with Gasteiger partial charge in [0, 0.05) is 36.3 Å². The molecule has 154 valence electrons. The quantitative estimate of drug-likeness (QED) is 0.599. The van der Waals surface area contributed by atoms with Crippen LogP contribution in [0.3, 0.4) is 0 Å². The third-order valence-electron chi connectivity index (χ3n) is 5.00. The Bertz CT molecular complexity index is 1180. The van der Waals surface area contributed by atoms with Gasteiger partial charge in [0.05, 0.1) is 5.25 Å². The molecule has 0 amide bonds. The van der Waals surface area contributed by atoms with Crippen molar-refractivity contribution in [1.82, 2.24) is 9.97 Å². The Hall–Kier alpha value is -3.33. The first-order valence-corrected chi connectivity index (χ1v) is 11.2. The zero-order valence-electron chi connectivity index (χ0n) is 16.0. The molecule has 0 unspecified atom stereocenters. The topological polar surface area (TPSA) is 102 Å². The van der Waals surface area contributed by atoms with E-state index in [1.807, 2.05) is 42.5 Å². The molecule has 30 heavy (non-hydrogen) atoms. The highest BCUT2D eigenvalue weighted by atomic mass is 32.2. The van der Waals surface area contributed by atoms with E-state index in [4.69, 9.17) is 9.47 Å². The van der Waals surface area contributed by atoms with Gasteiger partial charge < -0.3 is 14.8 Å². The summed E-state index contributed by atoms with van der Waals surface area (Å²) in [6.07, 6.45) is 4.42. The molecule has 5 rings (SSSR count). The lowest BCUT2D eigenvalue weighted by Crippen LogP contribution is -2.19. The molecule has 2 aromatic carbocycles. The van der Waals surface area contributed by atoms with E-state index in [9.17, 15) is 8.42 Å². The smallest absolute Gasteiger partial charge is 0.236 e. The van der Waals surface area contributed by atoms with Crippen LogP contribution in [0, 0.1) is 0 Å². The van der Waals surface area contributed by atoms with Crippen LogP contribution in [0.4, 0.5) is 11.5 Å². The van der Waals surface area contributed by atoms with Crippen molar-refractivity contribution in [3.05, 3.63) is 60.4 Å². The second-order valence-electron chi connectivity index (χ2n) is 7.22. The molecule has 0 spiro atoms. The van der Waals surface area contributed by atoms with Gasteiger partial charge in [-0.05, 0) is 30.5 Å². The number of hydrogen-bond donors (Lipinski definition) is 2. The molecule has 2 N–H and O–H groups in total. The van der Waals surface area contributed by atoms with E-state index in [0.29, 0.717) is 25.1 Å². The minimum atomic E-state index is -3.40. The van der Waals surface area contributed by atoms with Crippen molar-refractivity contribution in [3.8, 4) is 22.8 Å². The first-order valence-electron chi connectivity index (χ1n) is 9.64. The van der Waals surface area contributed by atoms with Crippen LogP contribution >= 0.6 is 0 Å². The van der Waals surface area contributed by atoms with E-state index < -0.39 is 10.0 Å². The highest BCUT2D eigenvalue weighted by Gasteiger charge is 2.36. The van der Waals surface area contributed by atoms with Gasteiger partial charge in [-0.3, -0.25) is 9.71 Å². The van der Waals surface area contributed by atoms with E-state index in [1.54, 1.807) is 6.20 Å². The van der Waals surface area contributed by atoms with Gasteiger partial charge in [-0.25, -0.2) is 13.4 Å². The number of sulfonamides is 1. The molecule has 9 heteroatoms. The molecule has 0 atom stereocenters. The molecule has 1 aromatic heterocycles. The number of ether oxygens (including phenoxy) is 2. The van der Waals surface area contributed by atoms with Crippen molar-refractivity contribution in [1.29, 1.82) is 0 Å². The van der Waals surface area contributed by atoms with Crippen LogP contribution in [-0.2, 0) is 16.6 Å². The molecule has 3 aromatic rings. The second kappa shape index (κ2) is 7.49. The predicted molar refractivity (Wildman–Crippen MR) is 113 cm³/mol. The molecule has 0 bridgehead atoms. The van der Waals surface area contributed by atoms with Crippen molar-refractivity contribution in [2.45, 2.75) is 24.6 Å². The van der Waals surface area contributed by atoms with Gasteiger partial charge in [0.2, 0.25) is 16.8 Å². The summed E-state index contributed by atoms with van der Waals surface area (Å²) < 4.78 is 37.9. The number of aromatic nitrogens is 2. The zero-order valence-corrected chi connectivity index (χ0v) is 16.9. The summed E-state index contributed by atoms with van der Waals surface area (Å²) in [6.45, 7) is 0.878. The number of hydrogen-bond acceptors (Lipinski definition) is 7.